The predicted molar refractivity (Wildman–Crippen MR) is 68.3 cm³/mol. The Morgan fingerprint density at radius 2 is 2.05 bits per heavy atom. The highest BCUT2D eigenvalue weighted by molar-refractivity contribution is 5.62. The molecular weight excluding hydrogens is 271 g/mol. The Hall–Kier alpha value is -2.31. The fraction of sp³-hybridized carbons (Fsp3) is 0.231. The smallest absolute Gasteiger partial charge is 0.387 e. The molecule has 7 heteroatoms. The van der Waals surface area contributed by atoms with Crippen LogP contribution in [0.1, 0.15) is 5.69 Å². The van der Waals surface area contributed by atoms with Crippen LogP contribution < -0.4 is 10.1 Å². The van der Waals surface area contributed by atoms with Gasteiger partial charge >= 0.3 is 6.61 Å². The number of nitrogens with zero attached hydrogens (tertiary/aromatic N) is 2. The molecule has 0 aliphatic rings. The average Bonchev–Trinajstić information content (AvgIpc) is 2.41. The molecule has 106 valence electrons. The van der Waals surface area contributed by atoms with E-state index in [1.807, 2.05) is 0 Å². The van der Waals surface area contributed by atoms with E-state index < -0.39 is 18.2 Å². The van der Waals surface area contributed by atoms with Crippen LogP contribution in [0.3, 0.4) is 0 Å². The predicted octanol–water partition coefficient (Wildman–Crippen LogP) is 3.23. The zero-order valence-electron chi connectivity index (χ0n) is 10.8. The lowest BCUT2D eigenvalue weighted by atomic mass is 10.1. The van der Waals surface area contributed by atoms with Gasteiger partial charge in [-0.15, -0.1) is 0 Å². The second-order valence-electron chi connectivity index (χ2n) is 3.96. The van der Waals surface area contributed by atoms with Crippen LogP contribution in [0.4, 0.5) is 19.0 Å². The molecule has 0 atom stereocenters. The molecule has 0 aliphatic carbocycles. The molecule has 0 saturated heterocycles. The molecule has 0 aliphatic heterocycles. The van der Waals surface area contributed by atoms with Crippen LogP contribution in [0.25, 0.3) is 11.3 Å². The number of aryl methyl sites for hydroxylation is 1. The Bertz CT molecular complexity index is 620. The largest absolute Gasteiger partial charge is 0.432 e. The Morgan fingerprint density at radius 1 is 1.30 bits per heavy atom. The van der Waals surface area contributed by atoms with Crippen LogP contribution in [-0.2, 0) is 0 Å². The van der Waals surface area contributed by atoms with E-state index in [0.29, 0.717) is 22.8 Å². The maximum Gasteiger partial charge on any atom is 0.387 e. The maximum absolute atomic E-state index is 13.3. The van der Waals surface area contributed by atoms with E-state index in [1.54, 1.807) is 14.0 Å². The second kappa shape index (κ2) is 5.77. The third-order valence-corrected chi connectivity index (χ3v) is 2.64. The molecule has 1 N–H and O–H groups in total. The fourth-order valence-electron chi connectivity index (χ4n) is 1.67. The first-order valence-electron chi connectivity index (χ1n) is 5.77. The van der Waals surface area contributed by atoms with Crippen molar-refractivity contribution in [2.45, 2.75) is 13.5 Å². The second-order valence-corrected chi connectivity index (χ2v) is 3.96. The van der Waals surface area contributed by atoms with Gasteiger partial charge in [-0.3, -0.25) is 4.98 Å². The minimum absolute atomic E-state index is 0.430. The van der Waals surface area contributed by atoms with Gasteiger partial charge < -0.3 is 10.1 Å². The van der Waals surface area contributed by atoms with E-state index in [4.69, 9.17) is 0 Å². The summed E-state index contributed by atoms with van der Waals surface area (Å²) in [7, 11) is 1.69. The van der Waals surface area contributed by atoms with Gasteiger partial charge in [-0.25, -0.2) is 9.37 Å². The molecule has 1 aromatic carbocycles. The Labute approximate surface area is 113 Å². The minimum atomic E-state index is -3.09. The third-order valence-electron chi connectivity index (χ3n) is 2.64. The van der Waals surface area contributed by atoms with Gasteiger partial charge in [0.2, 0.25) is 0 Å². The number of alkyl halides is 2. The summed E-state index contributed by atoms with van der Waals surface area (Å²) in [5, 5.41) is 2.86. The summed E-state index contributed by atoms with van der Waals surface area (Å²) in [5.74, 6) is -0.822. The molecule has 0 spiro atoms. The lowest BCUT2D eigenvalue weighted by Crippen LogP contribution is -2.04. The number of halogens is 3. The molecule has 20 heavy (non-hydrogen) atoms. The van der Waals surface area contributed by atoms with Gasteiger partial charge in [0.05, 0.1) is 17.6 Å². The van der Waals surface area contributed by atoms with Crippen LogP contribution in [-0.4, -0.2) is 23.6 Å². The van der Waals surface area contributed by atoms with Gasteiger partial charge in [-0.1, -0.05) is 0 Å². The number of hydrogen-bond acceptors (Lipinski definition) is 4. The molecule has 0 radical (unpaired) electrons. The minimum Gasteiger partial charge on any atom is -0.432 e. The highest BCUT2D eigenvalue weighted by atomic mass is 19.3. The van der Waals surface area contributed by atoms with Crippen LogP contribution in [0.15, 0.2) is 24.4 Å². The number of aromatic nitrogens is 2. The zero-order chi connectivity index (χ0) is 14.7. The molecule has 0 unspecified atom stereocenters. The van der Waals surface area contributed by atoms with Crippen molar-refractivity contribution >= 4 is 5.82 Å². The highest BCUT2D eigenvalue weighted by Crippen LogP contribution is 2.27. The Kier molecular flexibility index (Phi) is 4.07. The highest BCUT2D eigenvalue weighted by Gasteiger charge is 2.12. The van der Waals surface area contributed by atoms with E-state index in [-0.39, 0.29) is 0 Å². The number of nitrogens with one attached hydrogen (secondary N) is 1. The van der Waals surface area contributed by atoms with Crippen LogP contribution >= 0.6 is 0 Å². The standard InChI is InChI=1S/C13H12F3N3O/c1-7-12(17-2)19-10(6-18-7)8-3-4-9(14)11(5-8)20-13(15)16/h3-6,13H,1-2H3,(H,17,19). The SMILES string of the molecule is CNc1nc(-c2ccc(F)c(OC(F)F)c2)cnc1C. The quantitative estimate of drug-likeness (QED) is 0.935. The van der Waals surface area contributed by atoms with Crippen molar-refractivity contribution in [3.05, 3.63) is 35.9 Å². The fourth-order valence-corrected chi connectivity index (χ4v) is 1.67. The lowest BCUT2D eigenvalue weighted by molar-refractivity contribution is -0.0521. The number of ether oxygens (including phenoxy) is 1. The summed E-state index contributed by atoms with van der Waals surface area (Å²) in [6.45, 7) is -1.31. The Morgan fingerprint density at radius 3 is 2.70 bits per heavy atom. The molecule has 0 saturated carbocycles. The van der Waals surface area contributed by atoms with Crippen molar-refractivity contribution in [3.8, 4) is 17.0 Å². The van der Waals surface area contributed by atoms with E-state index in [2.05, 4.69) is 20.0 Å². The van der Waals surface area contributed by atoms with Crippen LogP contribution in [0.2, 0.25) is 0 Å². The first-order chi connectivity index (χ1) is 9.51. The molecule has 1 aromatic heterocycles. The van der Waals surface area contributed by atoms with Gasteiger partial charge in [0, 0.05) is 12.6 Å². The van der Waals surface area contributed by atoms with Gasteiger partial charge in [-0.2, -0.15) is 8.78 Å². The van der Waals surface area contributed by atoms with Crippen molar-refractivity contribution in [1.29, 1.82) is 0 Å². The van der Waals surface area contributed by atoms with Crippen molar-refractivity contribution in [2.75, 3.05) is 12.4 Å². The maximum atomic E-state index is 13.3. The number of anilines is 1. The van der Waals surface area contributed by atoms with Crippen molar-refractivity contribution < 1.29 is 17.9 Å². The van der Waals surface area contributed by atoms with E-state index >= 15 is 0 Å². The van der Waals surface area contributed by atoms with E-state index in [9.17, 15) is 13.2 Å². The van der Waals surface area contributed by atoms with Gasteiger partial charge in [-0.05, 0) is 25.1 Å². The van der Waals surface area contributed by atoms with E-state index in [1.165, 1.54) is 18.3 Å². The third kappa shape index (κ3) is 2.98. The van der Waals surface area contributed by atoms with Crippen LogP contribution in [0, 0.1) is 12.7 Å². The first-order valence-corrected chi connectivity index (χ1v) is 5.77. The molecule has 2 aromatic rings. The zero-order valence-corrected chi connectivity index (χ0v) is 10.8. The summed E-state index contributed by atoms with van der Waals surface area (Å²) in [5.41, 5.74) is 1.56. The van der Waals surface area contributed by atoms with Crippen molar-refractivity contribution in [3.63, 3.8) is 0 Å². The summed E-state index contributed by atoms with van der Waals surface area (Å²) in [6.07, 6.45) is 1.48. The van der Waals surface area contributed by atoms with Crippen molar-refractivity contribution in [2.24, 2.45) is 0 Å². The topological polar surface area (TPSA) is 47.0 Å². The monoisotopic (exact) mass is 283 g/mol. The molecular formula is C13H12F3N3O. The van der Waals surface area contributed by atoms with Crippen LogP contribution in [0.5, 0.6) is 5.75 Å². The Balaban J connectivity index is 2.42. The number of benzene rings is 1. The molecule has 0 bridgehead atoms. The number of rotatable bonds is 4. The van der Waals surface area contributed by atoms with Gasteiger partial charge in [0.15, 0.2) is 11.6 Å². The summed E-state index contributed by atoms with van der Waals surface area (Å²) in [4.78, 5) is 8.40. The summed E-state index contributed by atoms with van der Waals surface area (Å²) >= 11 is 0. The summed E-state index contributed by atoms with van der Waals surface area (Å²) in [6, 6.07) is 3.64. The first kappa shape index (κ1) is 14.1. The molecule has 0 amide bonds. The molecule has 4 nitrogen and oxygen atoms in total. The average molecular weight is 283 g/mol. The van der Waals surface area contributed by atoms with Crippen molar-refractivity contribution in [1.82, 2.24) is 9.97 Å². The molecule has 0 fully saturated rings. The summed E-state index contributed by atoms with van der Waals surface area (Å²) < 4.78 is 41.8. The lowest BCUT2D eigenvalue weighted by Gasteiger charge is -2.09. The van der Waals surface area contributed by atoms with Gasteiger partial charge in [0.25, 0.3) is 0 Å². The normalized spacial score (nSPS) is 10.7. The van der Waals surface area contributed by atoms with Gasteiger partial charge in [0.1, 0.15) is 5.82 Å². The molecule has 2 rings (SSSR count). The molecule has 1 heterocycles. The number of hydrogen-bond donors (Lipinski definition) is 1. The van der Waals surface area contributed by atoms with E-state index in [0.717, 1.165) is 6.07 Å².